The first-order chi connectivity index (χ1) is 11.1. The maximum absolute atomic E-state index is 13.0. The molecule has 0 saturated carbocycles. The molecule has 122 valence electrons. The lowest BCUT2D eigenvalue weighted by atomic mass is 9.93. The second-order valence-corrected chi connectivity index (χ2v) is 5.68. The maximum atomic E-state index is 13.0. The van der Waals surface area contributed by atoms with E-state index in [9.17, 15) is 14.4 Å². The number of carboxylic acid groups (broad SMARTS) is 1. The van der Waals surface area contributed by atoms with Crippen molar-refractivity contribution in [1.29, 1.82) is 0 Å². The standard InChI is InChI=1S/C16H18N2O5/c19-13-9-8-12(11-5-2-1-3-6-11)15(20)18-14(23-16(21)22)7-4-10-17(13)18/h1-3,5-6,12,14H,4,7-10H2,(H,21,22)/t12?,14-/m0/s1. The molecule has 2 amide bonds. The molecule has 0 aromatic heterocycles. The number of hydrazine groups is 1. The van der Waals surface area contributed by atoms with E-state index in [-0.39, 0.29) is 18.2 Å². The molecule has 2 atom stereocenters. The van der Waals surface area contributed by atoms with Crippen LogP contribution in [0.2, 0.25) is 0 Å². The third-order valence-corrected chi connectivity index (χ3v) is 4.25. The summed E-state index contributed by atoms with van der Waals surface area (Å²) in [6.45, 7) is 0.408. The van der Waals surface area contributed by atoms with Gasteiger partial charge in [0.25, 0.3) is 5.91 Å². The molecule has 7 nitrogen and oxygen atoms in total. The molecular weight excluding hydrogens is 300 g/mol. The van der Waals surface area contributed by atoms with Gasteiger partial charge < -0.3 is 9.84 Å². The summed E-state index contributed by atoms with van der Waals surface area (Å²) in [5.74, 6) is -0.924. The van der Waals surface area contributed by atoms with Crippen LogP contribution in [0.3, 0.4) is 0 Å². The van der Waals surface area contributed by atoms with E-state index in [4.69, 9.17) is 9.84 Å². The van der Waals surface area contributed by atoms with Gasteiger partial charge in [0.2, 0.25) is 5.91 Å². The first-order valence-electron chi connectivity index (χ1n) is 7.66. The average molecular weight is 318 g/mol. The molecule has 0 aliphatic carbocycles. The third kappa shape index (κ3) is 2.99. The molecule has 0 spiro atoms. The summed E-state index contributed by atoms with van der Waals surface area (Å²) in [6, 6.07) is 9.24. The van der Waals surface area contributed by atoms with Crippen LogP contribution in [-0.2, 0) is 14.3 Å². The van der Waals surface area contributed by atoms with Gasteiger partial charge in [-0.3, -0.25) is 9.59 Å². The van der Waals surface area contributed by atoms with Gasteiger partial charge in [-0.25, -0.2) is 14.8 Å². The van der Waals surface area contributed by atoms with Crippen molar-refractivity contribution in [1.82, 2.24) is 10.0 Å². The Morgan fingerprint density at radius 2 is 1.91 bits per heavy atom. The van der Waals surface area contributed by atoms with Gasteiger partial charge in [0, 0.05) is 19.4 Å². The Morgan fingerprint density at radius 3 is 2.61 bits per heavy atom. The van der Waals surface area contributed by atoms with Crippen LogP contribution in [0.1, 0.15) is 37.2 Å². The van der Waals surface area contributed by atoms with Crippen molar-refractivity contribution in [2.24, 2.45) is 0 Å². The highest BCUT2D eigenvalue weighted by molar-refractivity contribution is 5.89. The summed E-state index contributed by atoms with van der Waals surface area (Å²) in [5, 5.41) is 11.5. The van der Waals surface area contributed by atoms with Gasteiger partial charge in [-0.15, -0.1) is 0 Å². The number of hydrogen-bond donors (Lipinski definition) is 1. The van der Waals surface area contributed by atoms with Crippen LogP contribution in [0.5, 0.6) is 0 Å². The number of carbonyl (C=O) groups excluding carboxylic acids is 2. The Balaban J connectivity index is 1.94. The highest BCUT2D eigenvalue weighted by atomic mass is 16.7. The Bertz CT molecular complexity index is 618. The fourth-order valence-corrected chi connectivity index (χ4v) is 3.21. The summed E-state index contributed by atoms with van der Waals surface area (Å²) < 4.78 is 4.85. The van der Waals surface area contributed by atoms with Crippen LogP contribution in [0, 0.1) is 0 Å². The molecule has 2 aliphatic heterocycles. The molecule has 1 aromatic carbocycles. The lowest BCUT2D eigenvalue weighted by Gasteiger charge is -2.42. The van der Waals surface area contributed by atoms with E-state index >= 15 is 0 Å². The van der Waals surface area contributed by atoms with Gasteiger partial charge in [-0.1, -0.05) is 30.3 Å². The third-order valence-electron chi connectivity index (χ3n) is 4.25. The van der Waals surface area contributed by atoms with Crippen LogP contribution in [0.4, 0.5) is 4.79 Å². The Hall–Kier alpha value is -2.57. The summed E-state index contributed by atoms with van der Waals surface area (Å²) in [7, 11) is 0. The minimum Gasteiger partial charge on any atom is -0.450 e. The van der Waals surface area contributed by atoms with Crippen LogP contribution < -0.4 is 0 Å². The van der Waals surface area contributed by atoms with Gasteiger partial charge in [-0.2, -0.15) is 0 Å². The van der Waals surface area contributed by atoms with Crippen molar-refractivity contribution in [3.05, 3.63) is 35.9 Å². The molecule has 2 aliphatic rings. The zero-order chi connectivity index (χ0) is 16.4. The smallest absolute Gasteiger partial charge is 0.450 e. The number of fused-ring (bicyclic) bond motifs is 1. The van der Waals surface area contributed by atoms with E-state index in [2.05, 4.69) is 0 Å². The van der Waals surface area contributed by atoms with Gasteiger partial charge in [0.15, 0.2) is 6.23 Å². The number of benzene rings is 1. The fraction of sp³-hybridized carbons (Fsp3) is 0.438. The van der Waals surface area contributed by atoms with Crippen molar-refractivity contribution in [2.75, 3.05) is 6.54 Å². The molecule has 1 unspecified atom stereocenters. The normalized spacial score (nSPS) is 24.9. The lowest BCUT2D eigenvalue weighted by molar-refractivity contribution is -0.195. The summed E-state index contributed by atoms with van der Waals surface area (Å²) in [5.41, 5.74) is 0.826. The van der Waals surface area contributed by atoms with Crippen molar-refractivity contribution >= 4 is 18.0 Å². The molecular formula is C16H18N2O5. The van der Waals surface area contributed by atoms with Gasteiger partial charge in [-0.05, 0) is 18.4 Å². The van der Waals surface area contributed by atoms with Crippen LogP contribution in [0.25, 0.3) is 0 Å². The van der Waals surface area contributed by atoms with E-state index in [1.54, 1.807) is 0 Å². The first kappa shape index (κ1) is 15.3. The van der Waals surface area contributed by atoms with E-state index in [0.717, 1.165) is 5.56 Å². The lowest BCUT2D eigenvalue weighted by Crippen LogP contribution is -2.58. The quantitative estimate of drug-likeness (QED) is 0.842. The molecule has 3 rings (SSSR count). The monoisotopic (exact) mass is 318 g/mol. The molecule has 7 heteroatoms. The number of rotatable bonds is 2. The minimum absolute atomic E-state index is 0.171. The number of ether oxygens (including phenoxy) is 1. The zero-order valence-corrected chi connectivity index (χ0v) is 12.6. The molecule has 2 fully saturated rings. The second-order valence-electron chi connectivity index (χ2n) is 5.68. The second kappa shape index (κ2) is 6.28. The maximum Gasteiger partial charge on any atom is 0.507 e. The van der Waals surface area contributed by atoms with Gasteiger partial charge in [0.1, 0.15) is 0 Å². The van der Waals surface area contributed by atoms with Crippen LogP contribution in [-0.4, -0.2) is 45.9 Å². The highest BCUT2D eigenvalue weighted by Gasteiger charge is 2.43. The van der Waals surface area contributed by atoms with Gasteiger partial charge >= 0.3 is 6.16 Å². The SMILES string of the molecule is O=C(O)O[C@H]1CCCN2C(=O)CCC(c3ccccc3)C(=O)N12. The molecule has 2 saturated heterocycles. The Kier molecular flexibility index (Phi) is 4.18. The summed E-state index contributed by atoms with van der Waals surface area (Å²) >= 11 is 0. The largest absolute Gasteiger partial charge is 0.507 e. The van der Waals surface area contributed by atoms with Crippen molar-refractivity contribution in [3.63, 3.8) is 0 Å². The molecule has 2 heterocycles. The Morgan fingerprint density at radius 1 is 1.17 bits per heavy atom. The molecule has 23 heavy (non-hydrogen) atoms. The number of amides is 2. The zero-order valence-electron chi connectivity index (χ0n) is 12.6. The molecule has 0 bridgehead atoms. The predicted octanol–water partition coefficient (Wildman–Crippen LogP) is 1.95. The van der Waals surface area contributed by atoms with Crippen molar-refractivity contribution in [3.8, 4) is 0 Å². The fourth-order valence-electron chi connectivity index (χ4n) is 3.21. The van der Waals surface area contributed by atoms with E-state index in [0.29, 0.717) is 25.8 Å². The van der Waals surface area contributed by atoms with Crippen molar-refractivity contribution < 1.29 is 24.2 Å². The molecule has 0 radical (unpaired) electrons. The summed E-state index contributed by atoms with van der Waals surface area (Å²) in [6.07, 6.45) is -0.734. The average Bonchev–Trinajstić information content (AvgIpc) is 2.66. The number of carbonyl (C=O) groups is 3. The molecule has 1 aromatic rings. The van der Waals surface area contributed by atoms with Crippen LogP contribution >= 0.6 is 0 Å². The highest BCUT2D eigenvalue weighted by Crippen LogP contribution is 2.32. The number of hydrogen-bond acceptors (Lipinski definition) is 4. The molecule has 1 N–H and O–H groups in total. The first-order valence-corrected chi connectivity index (χ1v) is 7.66. The van der Waals surface area contributed by atoms with E-state index < -0.39 is 18.3 Å². The van der Waals surface area contributed by atoms with Gasteiger partial charge in [0.05, 0.1) is 5.92 Å². The summed E-state index contributed by atoms with van der Waals surface area (Å²) in [4.78, 5) is 36.2. The topological polar surface area (TPSA) is 87.1 Å². The number of nitrogens with zero attached hydrogens (tertiary/aromatic N) is 2. The van der Waals surface area contributed by atoms with Crippen LogP contribution in [0.15, 0.2) is 30.3 Å². The predicted molar refractivity (Wildman–Crippen MR) is 79.1 cm³/mol. The minimum atomic E-state index is -1.45. The van der Waals surface area contributed by atoms with Crippen molar-refractivity contribution in [2.45, 2.75) is 37.8 Å². The van der Waals surface area contributed by atoms with E-state index in [1.165, 1.54) is 10.0 Å². The Labute approximate surface area is 133 Å². The van der Waals surface area contributed by atoms with E-state index in [1.807, 2.05) is 30.3 Å².